The molecule has 1 aromatic rings. The lowest BCUT2D eigenvalue weighted by atomic mass is 10.0. The van der Waals surface area contributed by atoms with Gasteiger partial charge < -0.3 is 10.1 Å². The van der Waals surface area contributed by atoms with Crippen molar-refractivity contribution in [1.29, 1.82) is 0 Å². The lowest BCUT2D eigenvalue weighted by Gasteiger charge is -2.20. The molecule has 0 heterocycles. The molecular weight excluding hydrogens is 234 g/mol. The normalized spacial score (nSPS) is 11.9. The molecule has 19 heavy (non-hydrogen) atoms. The van der Waals surface area contributed by atoms with Crippen molar-refractivity contribution in [2.24, 2.45) is 0 Å². The zero-order valence-corrected chi connectivity index (χ0v) is 13.3. The Morgan fingerprint density at radius 1 is 1.16 bits per heavy atom. The quantitative estimate of drug-likeness (QED) is 0.774. The Hall–Kier alpha value is -1.02. The Balaban J connectivity index is 2.41. The van der Waals surface area contributed by atoms with Gasteiger partial charge in [0.2, 0.25) is 0 Å². The standard InChI is InChI=1S/C17H29NO/c1-13(2)15-10-14(3)11-16(12-15)19-9-7-8-18-17(4,5)6/h10-13,18H,7-9H2,1-6H3. The molecule has 0 saturated heterocycles. The third-order valence-electron chi connectivity index (χ3n) is 2.99. The van der Waals surface area contributed by atoms with Crippen molar-refractivity contribution >= 4 is 0 Å². The van der Waals surface area contributed by atoms with Crippen LogP contribution in [0, 0.1) is 6.92 Å². The first-order chi connectivity index (χ1) is 8.78. The molecule has 0 spiro atoms. The van der Waals surface area contributed by atoms with Gasteiger partial charge in [0.15, 0.2) is 0 Å². The average molecular weight is 263 g/mol. The molecule has 108 valence electrons. The van der Waals surface area contributed by atoms with Gasteiger partial charge in [-0.05, 0) is 69.8 Å². The van der Waals surface area contributed by atoms with E-state index in [0.717, 1.165) is 25.3 Å². The Bertz CT molecular complexity index is 391. The summed E-state index contributed by atoms with van der Waals surface area (Å²) in [6.07, 6.45) is 1.03. The molecule has 1 aromatic carbocycles. The fourth-order valence-corrected chi connectivity index (χ4v) is 1.92. The van der Waals surface area contributed by atoms with Gasteiger partial charge in [0.25, 0.3) is 0 Å². The minimum absolute atomic E-state index is 0.189. The number of hydrogen-bond donors (Lipinski definition) is 1. The largest absolute Gasteiger partial charge is 0.494 e. The summed E-state index contributed by atoms with van der Waals surface area (Å²) in [6, 6.07) is 6.51. The summed E-state index contributed by atoms with van der Waals surface area (Å²) in [4.78, 5) is 0. The van der Waals surface area contributed by atoms with Crippen LogP contribution in [0.1, 0.15) is 58.1 Å². The lowest BCUT2D eigenvalue weighted by molar-refractivity contribution is 0.297. The van der Waals surface area contributed by atoms with E-state index in [4.69, 9.17) is 4.74 Å². The van der Waals surface area contributed by atoms with Crippen LogP contribution in [0.5, 0.6) is 5.75 Å². The molecule has 0 unspecified atom stereocenters. The molecule has 1 N–H and O–H groups in total. The minimum atomic E-state index is 0.189. The van der Waals surface area contributed by atoms with Crippen LogP contribution in [0.3, 0.4) is 0 Å². The van der Waals surface area contributed by atoms with Gasteiger partial charge >= 0.3 is 0 Å². The number of benzene rings is 1. The molecule has 0 aliphatic rings. The number of nitrogens with one attached hydrogen (secondary N) is 1. The molecule has 0 aliphatic carbocycles. The van der Waals surface area contributed by atoms with Crippen molar-refractivity contribution in [3.05, 3.63) is 29.3 Å². The van der Waals surface area contributed by atoms with E-state index < -0.39 is 0 Å². The molecule has 0 amide bonds. The van der Waals surface area contributed by atoms with Gasteiger partial charge in [0.1, 0.15) is 5.75 Å². The molecule has 0 aromatic heterocycles. The second-order valence-electron chi connectivity index (χ2n) is 6.61. The van der Waals surface area contributed by atoms with Crippen LogP contribution < -0.4 is 10.1 Å². The summed E-state index contributed by atoms with van der Waals surface area (Å²) in [5, 5.41) is 3.47. The van der Waals surface area contributed by atoms with Crippen molar-refractivity contribution in [2.45, 2.75) is 59.4 Å². The minimum Gasteiger partial charge on any atom is -0.494 e. The topological polar surface area (TPSA) is 21.3 Å². The summed E-state index contributed by atoms with van der Waals surface area (Å²) in [6.45, 7) is 14.9. The predicted octanol–water partition coefficient (Wildman–Crippen LogP) is 4.28. The average Bonchev–Trinajstić information content (AvgIpc) is 2.26. The SMILES string of the molecule is Cc1cc(OCCCNC(C)(C)C)cc(C(C)C)c1. The molecule has 0 saturated carbocycles. The van der Waals surface area contributed by atoms with E-state index in [-0.39, 0.29) is 5.54 Å². The van der Waals surface area contributed by atoms with Gasteiger partial charge in [0, 0.05) is 5.54 Å². The van der Waals surface area contributed by atoms with E-state index in [2.05, 4.69) is 65.1 Å². The summed E-state index contributed by atoms with van der Waals surface area (Å²) < 4.78 is 5.85. The van der Waals surface area contributed by atoms with Crippen molar-refractivity contribution in [2.75, 3.05) is 13.2 Å². The van der Waals surface area contributed by atoms with Crippen molar-refractivity contribution in [3.63, 3.8) is 0 Å². The highest BCUT2D eigenvalue weighted by molar-refractivity contribution is 5.35. The Morgan fingerprint density at radius 3 is 2.42 bits per heavy atom. The van der Waals surface area contributed by atoms with Crippen molar-refractivity contribution in [1.82, 2.24) is 5.32 Å². The second-order valence-corrected chi connectivity index (χ2v) is 6.61. The number of ether oxygens (including phenoxy) is 1. The van der Waals surface area contributed by atoms with Crippen LogP contribution in [0.25, 0.3) is 0 Å². The zero-order valence-electron chi connectivity index (χ0n) is 13.3. The van der Waals surface area contributed by atoms with E-state index >= 15 is 0 Å². The van der Waals surface area contributed by atoms with Gasteiger partial charge in [-0.25, -0.2) is 0 Å². The first-order valence-electron chi connectivity index (χ1n) is 7.27. The molecule has 0 bridgehead atoms. The fraction of sp³-hybridized carbons (Fsp3) is 0.647. The fourth-order valence-electron chi connectivity index (χ4n) is 1.92. The molecule has 1 rings (SSSR count). The van der Waals surface area contributed by atoms with Gasteiger partial charge in [0.05, 0.1) is 6.61 Å². The first-order valence-corrected chi connectivity index (χ1v) is 7.27. The van der Waals surface area contributed by atoms with Gasteiger partial charge in [-0.2, -0.15) is 0 Å². The predicted molar refractivity (Wildman–Crippen MR) is 83.1 cm³/mol. The van der Waals surface area contributed by atoms with Gasteiger partial charge in [-0.1, -0.05) is 19.9 Å². The Morgan fingerprint density at radius 2 is 1.84 bits per heavy atom. The van der Waals surface area contributed by atoms with Gasteiger partial charge in [-0.3, -0.25) is 0 Å². The lowest BCUT2D eigenvalue weighted by Crippen LogP contribution is -2.36. The maximum Gasteiger partial charge on any atom is 0.119 e. The summed E-state index contributed by atoms with van der Waals surface area (Å²) in [5.74, 6) is 1.55. The van der Waals surface area contributed by atoms with Crippen LogP contribution in [-0.2, 0) is 0 Å². The van der Waals surface area contributed by atoms with E-state index in [1.807, 2.05) is 0 Å². The summed E-state index contributed by atoms with van der Waals surface area (Å²) in [7, 11) is 0. The molecular formula is C17H29NO. The zero-order chi connectivity index (χ0) is 14.5. The van der Waals surface area contributed by atoms with Crippen LogP contribution in [-0.4, -0.2) is 18.7 Å². The van der Waals surface area contributed by atoms with E-state index in [1.165, 1.54) is 11.1 Å². The summed E-state index contributed by atoms with van der Waals surface area (Å²) >= 11 is 0. The van der Waals surface area contributed by atoms with E-state index in [9.17, 15) is 0 Å². The van der Waals surface area contributed by atoms with E-state index in [0.29, 0.717) is 5.92 Å². The first kappa shape index (κ1) is 16.0. The maximum atomic E-state index is 5.85. The summed E-state index contributed by atoms with van der Waals surface area (Å²) in [5.41, 5.74) is 2.81. The highest BCUT2D eigenvalue weighted by Gasteiger charge is 2.07. The van der Waals surface area contributed by atoms with Crippen LogP contribution in [0.15, 0.2) is 18.2 Å². The Labute approximate surface area is 118 Å². The molecule has 0 aliphatic heterocycles. The molecule has 0 atom stereocenters. The smallest absolute Gasteiger partial charge is 0.119 e. The molecule has 2 heteroatoms. The monoisotopic (exact) mass is 263 g/mol. The number of hydrogen-bond acceptors (Lipinski definition) is 2. The maximum absolute atomic E-state index is 5.85. The van der Waals surface area contributed by atoms with Crippen molar-refractivity contribution in [3.8, 4) is 5.75 Å². The second kappa shape index (κ2) is 6.95. The molecule has 2 nitrogen and oxygen atoms in total. The van der Waals surface area contributed by atoms with Crippen LogP contribution in [0.2, 0.25) is 0 Å². The van der Waals surface area contributed by atoms with Crippen LogP contribution in [0.4, 0.5) is 0 Å². The van der Waals surface area contributed by atoms with Crippen molar-refractivity contribution < 1.29 is 4.74 Å². The Kier molecular flexibility index (Phi) is 5.86. The van der Waals surface area contributed by atoms with Gasteiger partial charge in [-0.15, -0.1) is 0 Å². The van der Waals surface area contributed by atoms with Crippen LogP contribution >= 0.6 is 0 Å². The molecule has 0 radical (unpaired) electrons. The highest BCUT2D eigenvalue weighted by atomic mass is 16.5. The third kappa shape index (κ3) is 6.63. The highest BCUT2D eigenvalue weighted by Crippen LogP contribution is 2.22. The van der Waals surface area contributed by atoms with E-state index in [1.54, 1.807) is 0 Å². The number of aryl methyl sites for hydroxylation is 1. The third-order valence-corrected chi connectivity index (χ3v) is 2.99. The number of rotatable bonds is 6. The molecule has 0 fully saturated rings.